The molecular formula is C13H19NO5S. The molecule has 20 heavy (non-hydrogen) atoms. The first kappa shape index (κ1) is 16.6. The molecule has 7 heteroatoms. The summed E-state index contributed by atoms with van der Waals surface area (Å²) in [5.74, 6) is -0.588. The first-order chi connectivity index (χ1) is 9.40. The van der Waals surface area contributed by atoms with E-state index in [2.05, 4.69) is 9.46 Å². The topological polar surface area (TPSA) is 92.7 Å². The zero-order chi connectivity index (χ0) is 15.2. The highest BCUT2D eigenvalue weighted by Crippen LogP contribution is 2.13. The third-order valence-electron chi connectivity index (χ3n) is 2.72. The van der Waals surface area contributed by atoms with Crippen molar-refractivity contribution in [1.29, 1.82) is 0 Å². The van der Waals surface area contributed by atoms with Crippen LogP contribution in [0.25, 0.3) is 0 Å². The average Bonchev–Trinajstić information content (AvgIpc) is 2.44. The van der Waals surface area contributed by atoms with Crippen molar-refractivity contribution in [2.75, 3.05) is 13.7 Å². The molecule has 112 valence electrons. The molecule has 0 aliphatic carbocycles. The van der Waals surface area contributed by atoms with E-state index in [1.807, 2.05) is 0 Å². The Morgan fingerprint density at radius 1 is 1.45 bits per heavy atom. The summed E-state index contributed by atoms with van der Waals surface area (Å²) < 4.78 is 31.3. The molecule has 1 aromatic carbocycles. The Kier molecular flexibility index (Phi) is 6.12. The van der Waals surface area contributed by atoms with Crippen LogP contribution in [0.1, 0.15) is 30.1 Å². The van der Waals surface area contributed by atoms with Gasteiger partial charge < -0.3 is 9.84 Å². The van der Waals surface area contributed by atoms with Crippen LogP contribution in [-0.4, -0.2) is 39.3 Å². The Bertz CT molecular complexity index is 556. The molecule has 0 bridgehead atoms. The molecule has 0 aliphatic rings. The van der Waals surface area contributed by atoms with Gasteiger partial charge in [-0.25, -0.2) is 17.9 Å². The highest BCUT2D eigenvalue weighted by atomic mass is 32.2. The van der Waals surface area contributed by atoms with Crippen molar-refractivity contribution in [1.82, 2.24) is 4.72 Å². The number of benzene rings is 1. The van der Waals surface area contributed by atoms with Crippen LogP contribution in [0.3, 0.4) is 0 Å². The van der Waals surface area contributed by atoms with Gasteiger partial charge in [-0.1, -0.05) is 6.07 Å². The summed E-state index contributed by atoms with van der Waals surface area (Å²) in [6.07, 6.45) is 1.05. The zero-order valence-electron chi connectivity index (χ0n) is 11.5. The van der Waals surface area contributed by atoms with Crippen molar-refractivity contribution in [3.63, 3.8) is 0 Å². The summed E-state index contributed by atoms with van der Waals surface area (Å²) in [6, 6.07) is 5.36. The number of carbonyl (C=O) groups excluding carboxylic acids is 1. The van der Waals surface area contributed by atoms with Gasteiger partial charge in [0, 0.05) is 12.6 Å². The van der Waals surface area contributed by atoms with Crippen molar-refractivity contribution in [3.8, 4) is 0 Å². The Labute approximate surface area is 118 Å². The second-order valence-electron chi connectivity index (χ2n) is 4.41. The van der Waals surface area contributed by atoms with Crippen LogP contribution >= 0.6 is 0 Å². The predicted octanol–water partition coefficient (Wildman–Crippen LogP) is 0.912. The molecule has 0 amide bonds. The minimum absolute atomic E-state index is 0.0104. The molecule has 1 unspecified atom stereocenters. The summed E-state index contributed by atoms with van der Waals surface area (Å²) in [4.78, 5) is 11.4. The van der Waals surface area contributed by atoms with Crippen LogP contribution in [0.15, 0.2) is 29.2 Å². The Hall–Kier alpha value is -1.44. The summed E-state index contributed by atoms with van der Waals surface area (Å²) in [5.41, 5.74) is 0.179. The Balaban J connectivity index is 2.90. The molecule has 0 aromatic heterocycles. The number of hydrogen-bond acceptors (Lipinski definition) is 5. The molecule has 0 spiro atoms. The summed E-state index contributed by atoms with van der Waals surface area (Å²) in [6.45, 7) is 1.74. The molecule has 1 atom stereocenters. The van der Waals surface area contributed by atoms with Crippen molar-refractivity contribution in [2.45, 2.75) is 30.7 Å². The lowest BCUT2D eigenvalue weighted by Crippen LogP contribution is -2.32. The van der Waals surface area contributed by atoms with E-state index in [0.717, 1.165) is 0 Å². The fourth-order valence-corrected chi connectivity index (χ4v) is 3.02. The SMILES string of the molecule is COC(=O)c1cccc(S(=O)(=O)NC(C)CCCO)c1. The van der Waals surface area contributed by atoms with Gasteiger partial charge in [-0.05, 0) is 38.0 Å². The van der Waals surface area contributed by atoms with Crippen LogP contribution in [0, 0.1) is 0 Å². The molecule has 0 radical (unpaired) electrons. The molecule has 1 aromatic rings. The number of esters is 1. The van der Waals surface area contributed by atoms with Gasteiger partial charge in [-0.2, -0.15) is 0 Å². The van der Waals surface area contributed by atoms with E-state index in [-0.39, 0.29) is 23.1 Å². The van der Waals surface area contributed by atoms with Crippen LogP contribution < -0.4 is 4.72 Å². The highest BCUT2D eigenvalue weighted by molar-refractivity contribution is 7.89. The Morgan fingerprint density at radius 3 is 2.75 bits per heavy atom. The second kappa shape index (κ2) is 7.37. The van der Waals surface area contributed by atoms with E-state index in [9.17, 15) is 13.2 Å². The lowest BCUT2D eigenvalue weighted by molar-refractivity contribution is 0.0600. The van der Waals surface area contributed by atoms with Gasteiger partial charge in [-0.3, -0.25) is 0 Å². The van der Waals surface area contributed by atoms with Crippen LogP contribution in [0.5, 0.6) is 0 Å². The maximum absolute atomic E-state index is 12.1. The van der Waals surface area contributed by atoms with E-state index in [1.54, 1.807) is 6.92 Å². The van der Waals surface area contributed by atoms with Crippen LogP contribution in [0.2, 0.25) is 0 Å². The summed E-state index contributed by atoms with van der Waals surface area (Å²) >= 11 is 0. The number of ether oxygens (including phenoxy) is 1. The first-order valence-electron chi connectivity index (χ1n) is 6.22. The molecule has 1 rings (SSSR count). The predicted molar refractivity (Wildman–Crippen MR) is 73.9 cm³/mol. The number of hydrogen-bond donors (Lipinski definition) is 2. The van der Waals surface area contributed by atoms with E-state index in [1.165, 1.54) is 31.4 Å². The van der Waals surface area contributed by atoms with Gasteiger partial charge in [0.1, 0.15) is 0 Å². The van der Waals surface area contributed by atoms with Gasteiger partial charge in [-0.15, -0.1) is 0 Å². The molecule has 0 fully saturated rings. The lowest BCUT2D eigenvalue weighted by Gasteiger charge is -2.14. The van der Waals surface area contributed by atoms with E-state index < -0.39 is 16.0 Å². The van der Waals surface area contributed by atoms with Crippen molar-refractivity contribution in [3.05, 3.63) is 29.8 Å². The van der Waals surface area contributed by atoms with Crippen molar-refractivity contribution >= 4 is 16.0 Å². The average molecular weight is 301 g/mol. The van der Waals surface area contributed by atoms with E-state index >= 15 is 0 Å². The number of methoxy groups -OCH3 is 1. The third kappa shape index (κ3) is 4.59. The maximum atomic E-state index is 12.1. The van der Waals surface area contributed by atoms with Gasteiger partial charge in [0.15, 0.2) is 0 Å². The van der Waals surface area contributed by atoms with E-state index in [4.69, 9.17) is 5.11 Å². The third-order valence-corrected chi connectivity index (χ3v) is 4.30. The monoisotopic (exact) mass is 301 g/mol. The number of rotatable bonds is 7. The number of carbonyl (C=O) groups is 1. The molecule has 0 aliphatic heterocycles. The second-order valence-corrected chi connectivity index (χ2v) is 6.12. The highest BCUT2D eigenvalue weighted by Gasteiger charge is 2.18. The minimum Gasteiger partial charge on any atom is -0.465 e. The number of aliphatic hydroxyl groups excluding tert-OH is 1. The number of aliphatic hydroxyl groups is 1. The van der Waals surface area contributed by atoms with Gasteiger partial charge >= 0.3 is 5.97 Å². The van der Waals surface area contributed by atoms with Gasteiger partial charge in [0.2, 0.25) is 10.0 Å². The molecular weight excluding hydrogens is 282 g/mol. The minimum atomic E-state index is -3.69. The molecule has 6 nitrogen and oxygen atoms in total. The fraction of sp³-hybridized carbons (Fsp3) is 0.462. The zero-order valence-corrected chi connectivity index (χ0v) is 12.3. The quantitative estimate of drug-likeness (QED) is 0.730. The molecule has 0 heterocycles. The molecule has 0 saturated carbocycles. The van der Waals surface area contributed by atoms with Crippen molar-refractivity contribution in [2.24, 2.45) is 0 Å². The maximum Gasteiger partial charge on any atom is 0.337 e. The summed E-state index contributed by atoms with van der Waals surface area (Å²) in [7, 11) is -2.46. The molecule has 2 N–H and O–H groups in total. The van der Waals surface area contributed by atoms with Crippen LogP contribution in [0.4, 0.5) is 0 Å². The normalized spacial score (nSPS) is 12.9. The number of nitrogens with one attached hydrogen (secondary N) is 1. The Morgan fingerprint density at radius 2 is 2.15 bits per heavy atom. The van der Waals surface area contributed by atoms with Gasteiger partial charge in [0.05, 0.1) is 17.6 Å². The smallest absolute Gasteiger partial charge is 0.337 e. The van der Waals surface area contributed by atoms with E-state index in [0.29, 0.717) is 12.8 Å². The van der Waals surface area contributed by atoms with Gasteiger partial charge in [0.25, 0.3) is 0 Å². The molecule has 0 saturated heterocycles. The van der Waals surface area contributed by atoms with Crippen LogP contribution in [-0.2, 0) is 14.8 Å². The largest absolute Gasteiger partial charge is 0.465 e. The summed E-state index contributed by atoms with van der Waals surface area (Å²) in [5, 5.41) is 8.73. The fourth-order valence-electron chi connectivity index (χ4n) is 1.70. The first-order valence-corrected chi connectivity index (χ1v) is 7.70. The lowest BCUT2D eigenvalue weighted by atomic mass is 10.2. The number of sulfonamides is 1. The standard InChI is InChI=1S/C13H19NO5S/c1-10(5-4-8-15)14-20(17,18)12-7-3-6-11(9-12)13(16)19-2/h3,6-7,9-10,14-15H,4-5,8H2,1-2H3. The van der Waals surface area contributed by atoms with Crippen molar-refractivity contribution < 1.29 is 23.1 Å².